The molecule has 0 saturated heterocycles. The van der Waals surface area contributed by atoms with Crippen molar-refractivity contribution in [2.24, 2.45) is 5.10 Å². The molecule has 31 heavy (non-hydrogen) atoms. The van der Waals surface area contributed by atoms with Crippen LogP contribution in [0.1, 0.15) is 21.5 Å². The first-order valence-corrected chi connectivity index (χ1v) is 10.8. The number of hydrogen-bond acceptors (Lipinski definition) is 5. The summed E-state index contributed by atoms with van der Waals surface area (Å²) in [4.78, 5) is 12.3. The van der Waals surface area contributed by atoms with Crippen LogP contribution in [-0.4, -0.2) is 26.3 Å². The fourth-order valence-electron chi connectivity index (χ4n) is 2.66. The summed E-state index contributed by atoms with van der Waals surface area (Å²) < 4.78 is 18.1. The van der Waals surface area contributed by atoms with Crippen molar-refractivity contribution in [3.8, 4) is 17.2 Å². The monoisotopic (exact) mass is 546 g/mol. The molecule has 3 aromatic rings. The van der Waals surface area contributed by atoms with Crippen molar-refractivity contribution in [1.82, 2.24) is 5.43 Å². The summed E-state index contributed by atoms with van der Waals surface area (Å²) in [6, 6.07) is 18.4. The maximum atomic E-state index is 12.3. The molecule has 0 bridgehead atoms. The van der Waals surface area contributed by atoms with Gasteiger partial charge in [-0.2, -0.15) is 5.10 Å². The SMILES string of the molecule is COc1ccc(C(=O)N/N=C/c2ccc(OCc3ccc(Br)cc3)c(Br)c2)cc1OC. The number of rotatable bonds is 8. The molecule has 8 heteroatoms. The molecule has 3 rings (SSSR count). The van der Waals surface area contributed by atoms with E-state index in [0.29, 0.717) is 23.7 Å². The van der Waals surface area contributed by atoms with Crippen LogP contribution in [0.4, 0.5) is 0 Å². The number of amides is 1. The Morgan fingerprint density at radius 3 is 2.32 bits per heavy atom. The van der Waals surface area contributed by atoms with Crippen molar-refractivity contribution >= 4 is 44.0 Å². The van der Waals surface area contributed by atoms with Crippen LogP contribution in [0.2, 0.25) is 0 Å². The highest BCUT2D eigenvalue weighted by Gasteiger charge is 2.10. The Kier molecular flexibility index (Phi) is 8.08. The van der Waals surface area contributed by atoms with Gasteiger partial charge in [-0.15, -0.1) is 0 Å². The van der Waals surface area contributed by atoms with Gasteiger partial charge in [0.1, 0.15) is 12.4 Å². The molecule has 0 radical (unpaired) electrons. The van der Waals surface area contributed by atoms with Crippen LogP contribution in [0.15, 0.2) is 74.7 Å². The fraction of sp³-hybridized carbons (Fsp3) is 0.130. The molecule has 0 fully saturated rings. The molecule has 0 atom stereocenters. The first-order valence-electron chi connectivity index (χ1n) is 9.22. The number of hydrogen-bond donors (Lipinski definition) is 1. The molecule has 0 aliphatic carbocycles. The van der Waals surface area contributed by atoms with E-state index in [-0.39, 0.29) is 5.91 Å². The van der Waals surface area contributed by atoms with E-state index in [1.165, 1.54) is 14.2 Å². The lowest BCUT2D eigenvalue weighted by atomic mass is 10.2. The number of benzene rings is 3. The van der Waals surface area contributed by atoms with Gasteiger partial charge in [-0.1, -0.05) is 28.1 Å². The van der Waals surface area contributed by atoms with E-state index in [1.54, 1.807) is 24.4 Å². The van der Waals surface area contributed by atoms with Crippen molar-refractivity contribution in [2.45, 2.75) is 6.61 Å². The largest absolute Gasteiger partial charge is 0.493 e. The van der Waals surface area contributed by atoms with Gasteiger partial charge in [0, 0.05) is 10.0 Å². The minimum atomic E-state index is -0.356. The molecule has 0 unspecified atom stereocenters. The smallest absolute Gasteiger partial charge is 0.271 e. The molecule has 0 heterocycles. The van der Waals surface area contributed by atoms with Crippen LogP contribution in [-0.2, 0) is 6.61 Å². The van der Waals surface area contributed by atoms with Gasteiger partial charge < -0.3 is 14.2 Å². The predicted octanol–water partition coefficient (Wildman–Crippen LogP) is 5.57. The third-order valence-electron chi connectivity index (χ3n) is 4.29. The molecular formula is C23H20Br2N2O4. The van der Waals surface area contributed by atoms with E-state index in [4.69, 9.17) is 14.2 Å². The lowest BCUT2D eigenvalue weighted by molar-refractivity contribution is 0.0954. The number of hydrazone groups is 1. The summed E-state index contributed by atoms with van der Waals surface area (Å²) in [7, 11) is 3.05. The molecule has 0 spiro atoms. The molecule has 1 amide bonds. The summed E-state index contributed by atoms with van der Waals surface area (Å²) in [5.41, 5.74) is 4.78. The van der Waals surface area contributed by atoms with Crippen LogP contribution in [0.3, 0.4) is 0 Å². The van der Waals surface area contributed by atoms with Crippen LogP contribution in [0, 0.1) is 0 Å². The van der Waals surface area contributed by atoms with Gasteiger partial charge in [0.15, 0.2) is 11.5 Å². The van der Waals surface area contributed by atoms with Gasteiger partial charge in [-0.3, -0.25) is 4.79 Å². The topological polar surface area (TPSA) is 69.2 Å². The first kappa shape index (κ1) is 22.8. The van der Waals surface area contributed by atoms with Crippen molar-refractivity contribution in [1.29, 1.82) is 0 Å². The minimum absolute atomic E-state index is 0.356. The van der Waals surface area contributed by atoms with Crippen molar-refractivity contribution < 1.29 is 19.0 Å². The molecule has 1 N–H and O–H groups in total. The van der Waals surface area contributed by atoms with Crippen LogP contribution < -0.4 is 19.6 Å². The highest BCUT2D eigenvalue weighted by atomic mass is 79.9. The Balaban J connectivity index is 1.59. The average Bonchev–Trinajstić information content (AvgIpc) is 2.79. The van der Waals surface area contributed by atoms with E-state index < -0.39 is 0 Å². The first-order chi connectivity index (χ1) is 15.0. The van der Waals surface area contributed by atoms with Gasteiger partial charge in [0.05, 0.1) is 24.9 Å². The van der Waals surface area contributed by atoms with E-state index in [0.717, 1.165) is 25.8 Å². The van der Waals surface area contributed by atoms with Gasteiger partial charge in [-0.25, -0.2) is 5.43 Å². The maximum absolute atomic E-state index is 12.3. The van der Waals surface area contributed by atoms with Crippen molar-refractivity contribution in [3.63, 3.8) is 0 Å². The zero-order valence-corrected chi connectivity index (χ0v) is 20.1. The second-order valence-electron chi connectivity index (χ2n) is 6.37. The molecule has 6 nitrogen and oxygen atoms in total. The Labute approximate surface area is 197 Å². The van der Waals surface area contributed by atoms with Gasteiger partial charge in [-0.05, 0) is 75.6 Å². The molecule has 0 aliphatic heterocycles. The number of nitrogens with one attached hydrogen (secondary N) is 1. The third kappa shape index (κ3) is 6.32. The molecular weight excluding hydrogens is 528 g/mol. The van der Waals surface area contributed by atoms with Gasteiger partial charge in [0.2, 0.25) is 0 Å². The quantitative estimate of drug-likeness (QED) is 0.295. The highest BCUT2D eigenvalue weighted by Crippen LogP contribution is 2.28. The second-order valence-corrected chi connectivity index (χ2v) is 8.14. The number of carbonyl (C=O) groups excluding carboxylic acids is 1. The van der Waals surface area contributed by atoms with E-state index in [9.17, 15) is 4.79 Å². The summed E-state index contributed by atoms with van der Waals surface area (Å²) >= 11 is 6.93. The van der Waals surface area contributed by atoms with Crippen LogP contribution in [0.25, 0.3) is 0 Å². The molecule has 0 saturated carbocycles. The van der Waals surface area contributed by atoms with E-state index in [1.807, 2.05) is 42.5 Å². The van der Waals surface area contributed by atoms with E-state index >= 15 is 0 Å². The Hall–Kier alpha value is -2.84. The second kappa shape index (κ2) is 11.0. The standard InChI is InChI=1S/C23H20Br2N2O4/c1-29-21-10-6-17(12-22(21)30-2)23(28)27-26-13-16-5-9-20(19(25)11-16)31-14-15-3-7-18(24)8-4-15/h3-13H,14H2,1-2H3,(H,27,28)/b26-13+. The zero-order valence-electron chi connectivity index (χ0n) is 16.9. The normalized spacial score (nSPS) is 10.7. The minimum Gasteiger partial charge on any atom is -0.493 e. The summed E-state index contributed by atoms with van der Waals surface area (Å²) in [5.74, 6) is 1.39. The van der Waals surface area contributed by atoms with Crippen molar-refractivity contribution in [2.75, 3.05) is 14.2 Å². The third-order valence-corrected chi connectivity index (χ3v) is 5.44. The molecule has 160 valence electrons. The Bertz CT molecular complexity index is 1090. The van der Waals surface area contributed by atoms with Crippen LogP contribution >= 0.6 is 31.9 Å². The van der Waals surface area contributed by atoms with Gasteiger partial charge >= 0.3 is 0 Å². The number of methoxy groups -OCH3 is 2. The molecule has 0 aromatic heterocycles. The zero-order chi connectivity index (χ0) is 22.2. The summed E-state index contributed by atoms with van der Waals surface area (Å²) in [6.07, 6.45) is 1.56. The summed E-state index contributed by atoms with van der Waals surface area (Å²) in [5, 5.41) is 4.03. The molecule has 3 aromatic carbocycles. The van der Waals surface area contributed by atoms with Gasteiger partial charge in [0.25, 0.3) is 5.91 Å². The van der Waals surface area contributed by atoms with Crippen molar-refractivity contribution in [3.05, 3.63) is 86.3 Å². The molecule has 0 aliphatic rings. The highest BCUT2D eigenvalue weighted by molar-refractivity contribution is 9.10. The number of halogens is 2. The Morgan fingerprint density at radius 1 is 0.935 bits per heavy atom. The van der Waals surface area contributed by atoms with E-state index in [2.05, 4.69) is 42.4 Å². The summed E-state index contributed by atoms with van der Waals surface area (Å²) in [6.45, 7) is 0.459. The average molecular weight is 548 g/mol. The maximum Gasteiger partial charge on any atom is 0.271 e. The fourth-order valence-corrected chi connectivity index (χ4v) is 3.44. The predicted molar refractivity (Wildman–Crippen MR) is 127 cm³/mol. The number of ether oxygens (including phenoxy) is 3. The number of carbonyl (C=O) groups is 1. The number of nitrogens with zero attached hydrogens (tertiary/aromatic N) is 1. The Morgan fingerprint density at radius 2 is 1.65 bits per heavy atom. The lowest BCUT2D eigenvalue weighted by Crippen LogP contribution is -2.17. The van der Waals surface area contributed by atoms with Crippen LogP contribution in [0.5, 0.6) is 17.2 Å². The lowest BCUT2D eigenvalue weighted by Gasteiger charge is -2.09.